The first kappa shape index (κ1) is 20.1. The van der Waals surface area contributed by atoms with Gasteiger partial charge in [-0.1, -0.05) is 36.4 Å². The Labute approximate surface area is 188 Å². The molecule has 4 aromatic rings. The van der Waals surface area contributed by atoms with Crippen LogP contribution in [0.2, 0.25) is 0 Å². The molecule has 0 saturated heterocycles. The molecule has 0 atom stereocenters. The molecular formula is C26H27N5O. The smallest absolute Gasteiger partial charge is 0.247 e. The molecule has 2 heterocycles. The Morgan fingerprint density at radius 3 is 2.16 bits per heavy atom. The monoisotopic (exact) mass is 425 g/mol. The summed E-state index contributed by atoms with van der Waals surface area (Å²) in [5.74, 6) is 0.531. The Kier molecular flexibility index (Phi) is 4.85. The largest absolute Gasteiger partial charge is 0.443 e. The quantitative estimate of drug-likeness (QED) is 0.500. The van der Waals surface area contributed by atoms with Crippen molar-refractivity contribution in [1.29, 1.82) is 0 Å². The van der Waals surface area contributed by atoms with Gasteiger partial charge < -0.3 is 14.2 Å². The fraction of sp³-hybridized carbons (Fsp3) is 0.231. The van der Waals surface area contributed by atoms with Gasteiger partial charge in [-0.25, -0.2) is 4.98 Å². The third-order valence-corrected chi connectivity index (χ3v) is 6.26. The fourth-order valence-electron chi connectivity index (χ4n) is 4.45. The van der Waals surface area contributed by atoms with E-state index >= 15 is 0 Å². The van der Waals surface area contributed by atoms with Crippen LogP contribution in [0.1, 0.15) is 22.4 Å². The first-order valence-electron chi connectivity index (χ1n) is 10.7. The normalized spacial score (nSPS) is 14.2. The van der Waals surface area contributed by atoms with Crippen LogP contribution in [0.5, 0.6) is 0 Å². The molecule has 0 bridgehead atoms. The van der Waals surface area contributed by atoms with Crippen molar-refractivity contribution in [2.24, 2.45) is 0 Å². The molecule has 0 unspecified atom stereocenters. The lowest BCUT2D eigenvalue weighted by Gasteiger charge is -2.35. The van der Waals surface area contributed by atoms with Gasteiger partial charge in [-0.05, 0) is 35.4 Å². The summed E-state index contributed by atoms with van der Waals surface area (Å²) in [5.41, 5.74) is 7.37. The molecule has 6 heteroatoms. The molecule has 0 radical (unpaired) electrons. The predicted molar refractivity (Wildman–Crippen MR) is 129 cm³/mol. The number of rotatable bonds is 5. The van der Waals surface area contributed by atoms with E-state index in [0.29, 0.717) is 5.89 Å². The Balaban J connectivity index is 1.69. The van der Waals surface area contributed by atoms with Gasteiger partial charge in [-0.3, -0.25) is 5.10 Å². The number of nitrogens with zero attached hydrogens (tertiary/aromatic N) is 4. The summed E-state index contributed by atoms with van der Waals surface area (Å²) in [5, 5.41) is 7.80. The van der Waals surface area contributed by atoms with Gasteiger partial charge in [0.25, 0.3) is 0 Å². The van der Waals surface area contributed by atoms with E-state index < -0.39 is 0 Å². The fourth-order valence-corrected chi connectivity index (χ4v) is 4.45. The zero-order valence-electron chi connectivity index (χ0n) is 18.8. The molecule has 162 valence electrons. The van der Waals surface area contributed by atoms with Crippen LogP contribution in [-0.4, -0.2) is 43.4 Å². The van der Waals surface area contributed by atoms with Gasteiger partial charge in [0.15, 0.2) is 5.69 Å². The molecule has 2 aromatic carbocycles. The van der Waals surface area contributed by atoms with Crippen LogP contribution in [0.25, 0.3) is 17.7 Å². The standard InChI is InChI=1S/C26H27N5O/c1-30(2)20-9-5-7-18(15-20)26(19-8-6-10-21(16-19)31(3)4)12-11-22-23(17-26)28-29-24(22)25-27-13-14-32-25/h5-16H,17H2,1-4H3,(H,28,29). The number of H-pyrrole nitrogens is 1. The number of anilines is 2. The first-order valence-corrected chi connectivity index (χ1v) is 10.7. The molecule has 32 heavy (non-hydrogen) atoms. The van der Waals surface area contributed by atoms with Crippen LogP contribution < -0.4 is 9.80 Å². The van der Waals surface area contributed by atoms with Crippen molar-refractivity contribution >= 4 is 17.5 Å². The van der Waals surface area contributed by atoms with Crippen LogP contribution in [0.4, 0.5) is 11.4 Å². The summed E-state index contributed by atoms with van der Waals surface area (Å²) in [7, 11) is 8.30. The summed E-state index contributed by atoms with van der Waals surface area (Å²) in [6, 6.07) is 17.6. The van der Waals surface area contributed by atoms with Gasteiger partial charge in [-0.2, -0.15) is 5.10 Å². The first-order chi connectivity index (χ1) is 15.5. The molecule has 0 amide bonds. The number of aromatic nitrogens is 3. The highest BCUT2D eigenvalue weighted by Crippen LogP contribution is 2.44. The van der Waals surface area contributed by atoms with E-state index in [1.807, 2.05) is 0 Å². The highest BCUT2D eigenvalue weighted by molar-refractivity contribution is 5.73. The Hall–Kier alpha value is -3.80. The van der Waals surface area contributed by atoms with Crippen LogP contribution in [0.15, 0.2) is 71.5 Å². The van der Waals surface area contributed by atoms with Crippen LogP contribution in [-0.2, 0) is 11.8 Å². The van der Waals surface area contributed by atoms with E-state index in [4.69, 9.17) is 4.42 Å². The Bertz CT molecular complexity index is 1220. The van der Waals surface area contributed by atoms with Crippen LogP contribution in [0.3, 0.4) is 0 Å². The second kappa shape index (κ2) is 7.71. The number of hydrogen-bond donors (Lipinski definition) is 1. The van der Waals surface area contributed by atoms with E-state index in [-0.39, 0.29) is 5.41 Å². The van der Waals surface area contributed by atoms with Gasteiger partial charge in [-0.15, -0.1) is 0 Å². The summed E-state index contributed by atoms with van der Waals surface area (Å²) in [6.45, 7) is 0. The lowest BCUT2D eigenvalue weighted by atomic mass is 9.68. The molecule has 0 saturated carbocycles. The Morgan fingerprint density at radius 2 is 1.59 bits per heavy atom. The van der Waals surface area contributed by atoms with Crippen molar-refractivity contribution in [1.82, 2.24) is 15.2 Å². The zero-order chi connectivity index (χ0) is 22.3. The predicted octanol–water partition coefficient (Wildman–Crippen LogP) is 4.75. The number of benzene rings is 2. The highest BCUT2D eigenvalue weighted by Gasteiger charge is 2.37. The number of allylic oxidation sites excluding steroid dienone is 1. The summed E-state index contributed by atoms with van der Waals surface area (Å²) < 4.78 is 5.51. The summed E-state index contributed by atoms with van der Waals surface area (Å²) in [6.07, 6.45) is 8.45. The number of oxazole rings is 1. The summed E-state index contributed by atoms with van der Waals surface area (Å²) in [4.78, 5) is 8.57. The van der Waals surface area contributed by atoms with Gasteiger partial charge >= 0.3 is 0 Å². The van der Waals surface area contributed by atoms with Crippen molar-refractivity contribution in [3.8, 4) is 11.6 Å². The van der Waals surface area contributed by atoms with Gasteiger partial charge in [0.05, 0.1) is 6.20 Å². The molecule has 1 aliphatic rings. The van der Waals surface area contributed by atoms with Crippen LogP contribution >= 0.6 is 0 Å². The maximum Gasteiger partial charge on any atom is 0.247 e. The third-order valence-electron chi connectivity index (χ3n) is 6.26. The van der Waals surface area contributed by atoms with Crippen molar-refractivity contribution in [2.75, 3.05) is 38.0 Å². The van der Waals surface area contributed by atoms with Gasteiger partial charge in [0, 0.05) is 62.7 Å². The molecule has 6 nitrogen and oxygen atoms in total. The minimum absolute atomic E-state index is 0.328. The van der Waals surface area contributed by atoms with Crippen molar-refractivity contribution in [3.63, 3.8) is 0 Å². The van der Waals surface area contributed by atoms with Crippen molar-refractivity contribution in [2.45, 2.75) is 11.8 Å². The lowest BCUT2D eigenvalue weighted by molar-refractivity contribution is 0.571. The molecule has 1 aliphatic carbocycles. The van der Waals surface area contributed by atoms with Crippen molar-refractivity contribution < 1.29 is 4.42 Å². The van der Waals surface area contributed by atoms with E-state index in [1.54, 1.807) is 12.5 Å². The number of nitrogens with one attached hydrogen (secondary N) is 1. The Morgan fingerprint density at radius 1 is 0.938 bits per heavy atom. The molecule has 0 fully saturated rings. The van der Waals surface area contributed by atoms with E-state index in [0.717, 1.165) is 23.4 Å². The number of fused-ring (bicyclic) bond motifs is 1. The zero-order valence-corrected chi connectivity index (χ0v) is 18.8. The number of hydrogen-bond acceptors (Lipinski definition) is 5. The SMILES string of the molecule is CN(C)c1cccc(C2(c3cccc(N(C)C)c3)C=Cc3c(-c4ncco4)n[nH]c3C2)c1. The average molecular weight is 426 g/mol. The molecule has 5 rings (SSSR count). The second-order valence-electron chi connectivity index (χ2n) is 8.67. The number of aromatic amines is 1. The molecule has 0 spiro atoms. The maximum atomic E-state index is 5.51. The maximum absolute atomic E-state index is 5.51. The van der Waals surface area contributed by atoms with E-state index in [2.05, 4.69) is 114 Å². The topological polar surface area (TPSA) is 61.2 Å². The van der Waals surface area contributed by atoms with Gasteiger partial charge in [0.1, 0.15) is 6.26 Å². The average Bonchev–Trinajstić information content (AvgIpc) is 3.48. The lowest BCUT2D eigenvalue weighted by Crippen LogP contribution is -2.31. The van der Waals surface area contributed by atoms with Crippen molar-refractivity contribution in [3.05, 3.63) is 89.5 Å². The minimum Gasteiger partial charge on any atom is -0.443 e. The third kappa shape index (κ3) is 3.28. The highest BCUT2D eigenvalue weighted by atomic mass is 16.3. The molecular weight excluding hydrogens is 398 g/mol. The summed E-state index contributed by atoms with van der Waals surface area (Å²) >= 11 is 0. The molecule has 0 aliphatic heterocycles. The molecule has 2 aromatic heterocycles. The molecule has 1 N–H and O–H groups in total. The minimum atomic E-state index is -0.328. The second-order valence-corrected chi connectivity index (χ2v) is 8.67. The van der Waals surface area contributed by atoms with E-state index in [9.17, 15) is 0 Å². The van der Waals surface area contributed by atoms with Crippen LogP contribution in [0, 0.1) is 0 Å². The van der Waals surface area contributed by atoms with E-state index in [1.165, 1.54) is 22.5 Å². The van der Waals surface area contributed by atoms with Gasteiger partial charge in [0.2, 0.25) is 5.89 Å².